The van der Waals surface area contributed by atoms with Gasteiger partial charge in [0.25, 0.3) is 0 Å². The Kier molecular flexibility index (Phi) is 2.65. The van der Waals surface area contributed by atoms with Gasteiger partial charge in [0.2, 0.25) is 0 Å². The molecule has 0 atom stereocenters. The maximum atomic E-state index is 13.3. The molecule has 17 heavy (non-hydrogen) atoms. The molecule has 1 aromatic heterocycles. The van der Waals surface area contributed by atoms with Gasteiger partial charge in [0.05, 0.1) is 0 Å². The van der Waals surface area contributed by atoms with Gasteiger partial charge in [-0.25, -0.2) is 4.39 Å². The van der Waals surface area contributed by atoms with Gasteiger partial charge in [0, 0.05) is 23.1 Å². The Morgan fingerprint density at radius 2 is 1.94 bits per heavy atom. The minimum atomic E-state index is -0.137. The molecule has 1 saturated carbocycles. The van der Waals surface area contributed by atoms with E-state index in [0.29, 0.717) is 6.04 Å². The van der Waals surface area contributed by atoms with E-state index in [1.54, 1.807) is 12.1 Å². The number of rotatable bonds is 1. The molecule has 1 fully saturated rings. The number of aryl methyl sites for hydroxylation is 1. The van der Waals surface area contributed by atoms with Crippen molar-refractivity contribution in [3.8, 4) is 0 Å². The third kappa shape index (κ3) is 1.86. The van der Waals surface area contributed by atoms with Crippen molar-refractivity contribution in [3.05, 3.63) is 35.8 Å². The van der Waals surface area contributed by atoms with Crippen molar-refractivity contribution < 1.29 is 4.39 Å². The second-order valence-electron chi connectivity index (χ2n) is 5.17. The predicted octanol–water partition coefficient (Wildman–Crippen LogP) is 4.59. The molecule has 1 aliphatic carbocycles. The maximum absolute atomic E-state index is 13.3. The van der Waals surface area contributed by atoms with E-state index in [1.165, 1.54) is 43.2 Å². The standard InChI is InChI=1S/C15H18FN/c1-11-10-17(13-5-3-2-4-6-13)15-8-7-12(16)9-14(11)15/h7-10,13H,2-6H2,1H3. The molecule has 0 spiro atoms. The van der Waals surface area contributed by atoms with E-state index in [1.807, 2.05) is 6.07 Å². The highest BCUT2D eigenvalue weighted by atomic mass is 19.1. The van der Waals surface area contributed by atoms with Crippen molar-refractivity contribution in [2.24, 2.45) is 0 Å². The van der Waals surface area contributed by atoms with E-state index in [9.17, 15) is 4.39 Å². The van der Waals surface area contributed by atoms with Crippen LogP contribution in [-0.4, -0.2) is 4.57 Å². The van der Waals surface area contributed by atoms with Crippen LogP contribution in [0.5, 0.6) is 0 Å². The summed E-state index contributed by atoms with van der Waals surface area (Å²) < 4.78 is 15.6. The average Bonchev–Trinajstić information content (AvgIpc) is 2.68. The number of hydrogen-bond donors (Lipinski definition) is 0. The largest absolute Gasteiger partial charge is 0.344 e. The first-order valence-corrected chi connectivity index (χ1v) is 6.52. The van der Waals surface area contributed by atoms with Gasteiger partial charge in [-0.3, -0.25) is 0 Å². The molecule has 0 radical (unpaired) electrons. The molecule has 0 unspecified atom stereocenters. The molecule has 0 bridgehead atoms. The van der Waals surface area contributed by atoms with Gasteiger partial charge in [-0.15, -0.1) is 0 Å². The molecular formula is C15H18FN. The average molecular weight is 231 g/mol. The molecule has 0 amide bonds. The van der Waals surface area contributed by atoms with Gasteiger partial charge in [0.1, 0.15) is 5.82 Å². The molecule has 1 aliphatic rings. The van der Waals surface area contributed by atoms with Crippen molar-refractivity contribution in [1.82, 2.24) is 4.57 Å². The van der Waals surface area contributed by atoms with Crippen LogP contribution < -0.4 is 0 Å². The smallest absolute Gasteiger partial charge is 0.123 e. The van der Waals surface area contributed by atoms with Crippen molar-refractivity contribution >= 4 is 10.9 Å². The summed E-state index contributed by atoms with van der Waals surface area (Å²) in [4.78, 5) is 0. The number of halogens is 1. The lowest BCUT2D eigenvalue weighted by Gasteiger charge is -2.24. The third-order valence-electron chi connectivity index (χ3n) is 3.96. The summed E-state index contributed by atoms with van der Waals surface area (Å²) in [5, 5.41) is 1.07. The zero-order valence-electron chi connectivity index (χ0n) is 10.2. The molecule has 1 aromatic carbocycles. The van der Waals surface area contributed by atoms with Crippen molar-refractivity contribution in [1.29, 1.82) is 0 Å². The van der Waals surface area contributed by atoms with Crippen LogP contribution in [0.3, 0.4) is 0 Å². The van der Waals surface area contributed by atoms with E-state index in [-0.39, 0.29) is 5.82 Å². The third-order valence-corrected chi connectivity index (χ3v) is 3.96. The second-order valence-corrected chi connectivity index (χ2v) is 5.17. The molecule has 0 aliphatic heterocycles. The fourth-order valence-corrected chi connectivity index (χ4v) is 3.06. The van der Waals surface area contributed by atoms with Crippen molar-refractivity contribution in [2.75, 3.05) is 0 Å². The van der Waals surface area contributed by atoms with Crippen molar-refractivity contribution in [3.63, 3.8) is 0 Å². The lowest BCUT2D eigenvalue weighted by Crippen LogP contribution is -2.11. The number of fused-ring (bicyclic) bond motifs is 1. The Morgan fingerprint density at radius 3 is 2.71 bits per heavy atom. The van der Waals surface area contributed by atoms with Gasteiger partial charge < -0.3 is 4.57 Å². The molecule has 3 rings (SSSR count). The predicted molar refractivity (Wildman–Crippen MR) is 68.8 cm³/mol. The minimum absolute atomic E-state index is 0.137. The lowest BCUT2D eigenvalue weighted by atomic mass is 9.95. The monoisotopic (exact) mass is 231 g/mol. The van der Waals surface area contributed by atoms with E-state index in [0.717, 1.165) is 5.39 Å². The van der Waals surface area contributed by atoms with E-state index in [4.69, 9.17) is 0 Å². The number of nitrogens with zero attached hydrogens (tertiary/aromatic N) is 1. The zero-order valence-corrected chi connectivity index (χ0v) is 10.2. The van der Waals surface area contributed by atoms with Crippen LogP contribution in [0.15, 0.2) is 24.4 Å². The summed E-state index contributed by atoms with van der Waals surface area (Å²) in [6.45, 7) is 2.07. The Hall–Kier alpha value is -1.31. The van der Waals surface area contributed by atoms with E-state index < -0.39 is 0 Å². The Labute approximate surface area is 101 Å². The molecule has 0 saturated heterocycles. The highest BCUT2D eigenvalue weighted by Gasteiger charge is 2.17. The lowest BCUT2D eigenvalue weighted by molar-refractivity contribution is 0.360. The van der Waals surface area contributed by atoms with Crippen LogP contribution in [0, 0.1) is 12.7 Å². The molecule has 90 valence electrons. The van der Waals surface area contributed by atoms with Crippen LogP contribution in [0.25, 0.3) is 10.9 Å². The first-order chi connectivity index (χ1) is 8.25. The van der Waals surface area contributed by atoms with Gasteiger partial charge in [-0.2, -0.15) is 0 Å². The fraction of sp³-hybridized carbons (Fsp3) is 0.467. The van der Waals surface area contributed by atoms with Gasteiger partial charge >= 0.3 is 0 Å². The summed E-state index contributed by atoms with van der Waals surface area (Å²) in [6.07, 6.45) is 8.74. The molecule has 1 heterocycles. The Bertz CT molecular complexity index is 535. The van der Waals surface area contributed by atoms with Crippen LogP contribution in [0.1, 0.15) is 43.7 Å². The van der Waals surface area contributed by atoms with Crippen LogP contribution in [0.2, 0.25) is 0 Å². The SMILES string of the molecule is Cc1cn(C2CCCCC2)c2ccc(F)cc12. The highest BCUT2D eigenvalue weighted by Crippen LogP contribution is 2.33. The van der Waals surface area contributed by atoms with Crippen LogP contribution in [-0.2, 0) is 0 Å². The number of hydrogen-bond acceptors (Lipinski definition) is 0. The fourth-order valence-electron chi connectivity index (χ4n) is 3.06. The highest BCUT2D eigenvalue weighted by molar-refractivity contribution is 5.83. The summed E-state index contributed by atoms with van der Waals surface area (Å²) in [7, 11) is 0. The molecule has 2 aromatic rings. The Balaban J connectivity index is 2.10. The normalized spacial score (nSPS) is 17.8. The topological polar surface area (TPSA) is 4.93 Å². The van der Waals surface area contributed by atoms with Gasteiger partial charge in [0.15, 0.2) is 0 Å². The molecule has 1 nitrogen and oxygen atoms in total. The minimum Gasteiger partial charge on any atom is -0.344 e. The van der Waals surface area contributed by atoms with Gasteiger partial charge in [-0.05, 0) is 43.5 Å². The number of benzene rings is 1. The van der Waals surface area contributed by atoms with Gasteiger partial charge in [-0.1, -0.05) is 19.3 Å². The zero-order chi connectivity index (χ0) is 11.8. The first-order valence-electron chi connectivity index (χ1n) is 6.52. The second kappa shape index (κ2) is 4.17. The van der Waals surface area contributed by atoms with E-state index >= 15 is 0 Å². The maximum Gasteiger partial charge on any atom is 0.123 e. The molecule has 0 N–H and O–H groups in total. The molecule has 2 heteroatoms. The summed E-state index contributed by atoms with van der Waals surface area (Å²) in [6, 6.07) is 5.77. The van der Waals surface area contributed by atoms with Crippen LogP contribution >= 0.6 is 0 Å². The first kappa shape index (κ1) is 10.8. The van der Waals surface area contributed by atoms with Crippen LogP contribution in [0.4, 0.5) is 4.39 Å². The number of aromatic nitrogens is 1. The van der Waals surface area contributed by atoms with E-state index in [2.05, 4.69) is 17.7 Å². The summed E-state index contributed by atoms with van der Waals surface area (Å²) >= 11 is 0. The Morgan fingerprint density at radius 1 is 1.18 bits per heavy atom. The summed E-state index contributed by atoms with van der Waals surface area (Å²) in [5.74, 6) is -0.137. The molecular weight excluding hydrogens is 213 g/mol. The quantitative estimate of drug-likeness (QED) is 0.676. The van der Waals surface area contributed by atoms with Crippen molar-refractivity contribution in [2.45, 2.75) is 45.1 Å². The summed E-state index contributed by atoms with van der Waals surface area (Å²) in [5.41, 5.74) is 2.38.